The number of carbonyl (C=O) groups excluding carboxylic acids is 2. The molecule has 0 radical (unpaired) electrons. The number of ketones is 1. The van der Waals surface area contributed by atoms with Crippen LogP contribution in [0.25, 0.3) is 0 Å². The second kappa shape index (κ2) is 7.75. The Balaban J connectivity index is 1.62. The molecule has 1 aliphatic rings. The first-order valence-corrected chi connectivity index (χ1v) is 8.10. The van der Waals surface area contributed by atoms with Crippen molar-refractivity contribution in [2.24, 2.45) is 0 Å². The molecule has 0 N–H and O–H groups in total. The van der Waals surface area contributed by atoms with Gasteiger partial charge in [0.2, 0.25) is 0 Å². The number of Topliss-reactive ketones (excluding diaryl/α,β-unsaturated/α-hetero) is 1. The van der Waals surface area contributed by atoms with E-state index < -0.39 is 42.2 Å². The van der Waals surface area contributed by atoms with Crippen LogP contribution in [0.3, 0.4) is 0 Å². The van der Waals surface area contributed by atoms with Crippen molar-refractivity contribution in [3.63, 3.8) is 0 Å². The van der Waals surface area contributed by atoms with Gasteiger partial charge in [0.25, 0.3) is 5.56 Å². The maximum atomic E-state index is 12.7. The maximum absolute atomic E-state index is 12.7. The summed E-state index contributed by atoms with van der Waals surface area (Å²) in [6, 6.07) is 5.79. The van der Waals surface area contributed by atoms with Crippen LogP contribution >= 0.6 is 0 Å². The van der Waals surface area contributed by atoms with Crippen molar-refractivity contribution in [1.82, 2.24) is 4.57 Å². The van der Waals surface area contributed by atoms with Crippen LogP contribution in [0.15, 0.2) is 41.3 Å². The van der Waals surface area contributed by atoms with Gasteiger partial charge in [-0.2, -0.15) is 13.2 Å². The van der Waals surface area contributed by atoms with Gasteiger partial charge in [-0.25, -0.2) is 0 Å². The lowest BCUT2D eigenvalue weighted by atomic mass is 10.1. The van der Waals surface area contributed by atoms with Crippen LogP contribution in [0.5, 0.6) is 11.5 Å². The number of carbonyl (C=O) groups is 2. The van der Waals surface area contributed by atoms with Gasteiger partial charge < -0.3 is 18.8 Å². The molecule has 0 aliphatic carbocycles. The van der Waals surface area contributed by atoms with E-state index in [2.05, 4.69) is 0 Å². The van der Waals surface area contributed by atoms with Crippen LogP contribution < -0.4 is 15.0 Å². The number of esters is 1. The van der Waals surface area contributed by atoms with Crippen LogP contribution in [0, 0.1) is 0 Å². The fourth-order valence-electron chi connectivity index (χ4n) is 2.45. The van der Waals surface area contributed by atoms with Gasteiger partial charge in [-0.3, -0.25) is 14.4 Å². The molecule has 1 aromatic carbocycles. The Morgan fingerprint density at radius 1 is 1.07 bits per heavy atom. The van der Waals surface area contributed by atoms with Gasteiger partial charge in [-0.15, -0.1) is 0 Å². The Morgan fingerprint density at radius 2 is 1.79 bits per heavy atom. The number of halogens is 3. The molecule has 7 nitrogen and oxygen atoms in total. The molecule has 10 heteroatoms. The lowest BCUT2D eigenvalue weighted by molar-refractivity contribution is -0.144. The van der Waals surface area contributed by atoms with Gasteiger partial charge in [0.1, 0.15) is 19.8 Å². The molecule has 2 heterocycles. The van der Waals surface area contributed by atoms with Crippen molar-refractivity contribution in [1.29, 1.82) is 0 Å². The number of pyridine rings is 1. The fourth-order valence-corrected chi connectivity index (χ4v) is 2.45. The fraction of sp³-hybridized carbons (Fsp3) is 0.278. The van der Waals surface area contributed by atoms with Crippen LogP contribution in [-0.2, 0) is 22.3 Å². The van der Waals surface area contributed by atoms with E-state index in [9.17, 15) is 27.6 Å². The monoisotopic (exact) mass is 397 g/mol. The van der Waals surface area contributed by atoms with E-state index >= 15 is 0 Å². The third kappa shape index (κ3) is 4.51. The minimum absolute atomic E-state index is 0.216. The minimum atomic E-state index is -4.66. The summed E-state index contributed by atoms with van der Waals surface area (Å²) >= 11 is 0. The number of hydrogen-bond donors (Lipinski definition) is 0. The Bertz CT molecular complexity index is 967. The summed E-state index contributed by atoms with van der Waals surface area (Å²) < 4.78 is 54.2. The smallest absolute Gasteiger partial charge is 0.417 e. The number of rotatable bonds is 5. The average molecular weight is 397 g/mol. The Morgan fingerprint density at radius 3 is 2.50 bits per heavy atom. The van der Waals surface area contributed by atoms with Crippen molar-refractivity contribution < 1.29 is 37.0 Å². The summed E-state index contributed by atoms with van der Waals surface area (Å²) in [5.41, 5.74) is -1.66. The summed E-state index contributed by atoms with van der Waals surface area (Å²) in [5.74, 6) is -0.684. The van der Waals surface area contributed by atoms with Gasteiger partial charge in [0.05, 0.1) is 5.56 Å². The van der Waals surface area contributed by atoms with E-state index in [1.807, 2.05) is 0 Å². The van der Waals surface area contributed by atoms with Crippen LogP contribution in [0.2, 0.25) is 0 Å². The molecule has 148 valence electrons. The third-order valence-electron chi connectivity index (χ3n) is 3.84. The largest absolute Gasteiger partial charge is 0.486 e. The van der Waals surface area contributed by atoms with Gasteiger partial charge >= 0.3 is 12.1 Å². The molecular weight excluding hydrogens is 383 g/mol. The Hall–Kier alpha value is -3.30. The van der Waals surface area contributed by atoms with Crippen molar-refractivity contribution >= 4 is 11.8 Å². The number of alkyl halides is 3. The van der Waals surface area contributed by atoms with Gasteiger partial charge in [0, 0.05) is 17.8 Å². The van der Waals surface area contributed by atoms with Gasteiger partial charge in [0.15, 0.2) is 23.9 Å². The van der Waals surface area contributed by atoms with E-state index in [4.69, 9.17) is 14.2 Å². The molecular formula is C18H14F3NO6. The van der Waals surface area contributed by atoms with Crippen LogP contribution in [0.4, 0.5) is 13.2 Å². The molecule has 0 atom stereocenters. The zero-order chi connectivity index (χ0) is 20.3. The molecule has 0 saturated carbocycles. The summed E-state index contributed by atoms with van der Waals surface area (Å²) in [5, 5.41) is 0. The topological polar surface area (TPSA) is 83.8 Å². The number of aromatic nitrogens is 1. The van der Waals surface area contributed by atoms with E-state index in [0.717, 1.165) is 0 Å². The van der Waals surface area contributed by atoms with Crippen molar-refractivity contribution in [3.05, 3.63) is 58.0 Å². The SMILES string of the molecule is O=C(Cn1cc(C(F)(F)F)ccc1=O)OCC(=O)c1ccc2c(c1)OCCO2. The first kappa shape index (κ1) is 19.5. The molecule has 0 fully saturated rings. The molecule has 1 aliphatic heterocycles. The zero-order valence-electron chi connectivity index (χ0n) is 14.3. The second-order valence-electron chi connectivity index (χ2n) is 5.82. The molecule has 3 rings (SSSR count). The quantitative estimate of drug-likeness (QED) is 0.567. The second-order valence-corrected chi connectivity index (χ2v) is 5.82. The predicted molar refractivity (Wildman–Crippen MR) is 88.4 cm³/mol. The summed E-state index contributed by atoms with van der Waals surface area (Å²) in [6.45, 7) is -0.651. The normalized spacial score (nSPS) is 13.1. The maximum Gasteiger partial charge on any atom is 0.417 e. The highest BCUT2D eigenvalue weighted by molar-refractivity contribution is 5.98. The van der Waals surface area contributed by atoms with E-state index in [1.165, 1.54) is 12.1 Å². The number of hydrogen-bond acceptors (Lipinski definition) is 6. The summed E-state index contributed by atoms with van der Waals surface area (Å²) in [4.78, 5) is 35.6. The van der Waals surface area contributed by atoms with Crippen molar-refractivity contribution in [2.45, 2.75) is 12.7 Å². The highest BCUT2D eigenvalue weighted by Gasteiger charge is 2.31. The first-order valence-electron chi connectivity index (χ1n) is 8.10. The zero-order valence-corrected chi connectivity index (χ0v) is 14.3. The highest BCUT2D eigenvalue weighted by Crippen LogP contribution is 2.31. The first-order chi connectivity index (χ1) is 13.2. The summed E-state index contributed by atoms with van der Waals surface area (Å²) in [7, 11) is 0. The number of benzene rings is 1. The third-order valence-corrected chi connectivity index (χ3v) is 3.84. The van der Waals surface area contributed by atoms with E-state index in [1.54, 1.807) is 6.07 Å². The lowest BCUT2D eigenvalue weighted by Gasteiger charge is -2.18. The molecule has 0 bridgehead atoms. The number of ether oxygens (including phenoxy) is 3. The van der Waals surface area contributed by atoms with E-state index in [0.29, 0.717) is 47.6 Å². The molecule has 28 heavy (non-hydrogen) atoms. The highest BCUT2D eigenvalue weighted by atomic mass is 19.4. The predicted octanol–water partition coefficient (Wildman–Crippen LogP) is 2.06. The number of nitrogens with zero attached hydrogens (tertiary/aromatic N) is 1. The molecule has 1 aromatic heterocycles. The Labute approximate surface area is 156 Å². The average Bonchev–Trinajstić information content (AvgIpc) is 2.66. The van der Waals surface area contributed by atoms with Crippen LogP contribution in [-0.4, -0.2) is 36.1 Å². The molecule has 0 amide bonds. The lowest BCUT2D eigenvalue weighted by Crippen LogP contribution is -2.27. The van der Waals surface area contributed by atoms with Gasteiger partial charge in [-0.1, -0.05) is 0 Å². The van der Waals surface area contributed by atoms with Crippen molar-refractivity contribution in [2.75, 3.05) is 19.8 Å². The Kier molecular flexibility index (Phi) is 5.39. The van der Waals surface area contributed by atoms with Gasteiger partial charge in [-0.05, 0) is 24.3 Å². The summed E-state index contributed by atoms with van der Waals surface area (Å²) in [6.07, 6.45) is -4.14. The van der Waals surface area contributed by atoms with E-state index in [-0.39, 0.29) is 5.56 Å². The van der Waals surface area contributed by atoms with Crippen LogP contribution in [0.1, 0.15) is 15.9 Å². The molecule has 0 unspecified atom stereocenters. The molecule has 0 saturated heterocycles. The molecule has 2 aromatic rings. The van der Waals surface area contributed by atoms with Crippen molar-refractivity contribution in [3.8, 4) is 11.5 Å². The standard InChI is InChI=1S/C18H14F3NO6/c19-18(20,21)12-2-4-16(24)22(8-12)9-17(25)28-10-13(23)11-1-3-14-15(7-11)27-6-5-26-14/h1-4,7-8H,5-6,9-10H2. The number of fused-ring (bicyclic) bond motifs is 1. The minimum Gasteiger partial charge on any atom is -0.486 e. The molecule has 0 spiro atoms.